The molecule has 0 aromatic carbocycles. The Labute approximate surface area is 176 Å². The molecule has 3 saturated carbocycles. The van der Waals surface area contributed by atoms with Crippen molar-refractivity contribution in [3.05, 3.63) is 11.6 Å². The smallest absolute Gasteiger partial charge is 0.305 e. The van der Waals surface area contributed by atoms with E-state index in [2.05, 4.69) is 26.8 Å². The minimum Gasteiger partial charge on any atom is -0.469 e. The number of rotatable bonds is 4. The van der Waals surface area contributed by atoms with Gasteiger partial charge in [-0.3, -0.25) is 4.79 Å². The van der Waals surface area contributed by atoms with Gasteiger partial charge in [0.1, 0.15) is 0 Å². The molecule has 0 bridgehead atoms. The predicted octanol–water partition coefficient (Wildman–Crippen LogP) is 4.49. The molecule has 4 rings (SSSR count). The van der Waals surface area contributed by atoms with Crippen molar-refractivity contribution in [1.82, 2.24) is 0 Å². The molecule has 3 fully saturated rings. The third kappa shape index (κ3) is 3.39. The summed E-state index contributed by atoms with van der Waals surface area (Å²) in [7, 11) is 1.47. The van der Waals surface area contributed by atoms with Crippen LogP contribution in [0.3, 0.4) is 0 Å². The zero-order chi connectivity index (χ0) is 21.0. The summed E-state index contributed by atoms with van der Waals surface area (Å²) in [6, 6.07) is 0. The second-order valence-electron chi connectivity index (χ2n) is 11.1. The summed E-state index contributed by atoms with van der Waals surface area (Å²) in [6.07, 6.45) is 10.3. The molecule has 0 amide bonds. The van der Waals surface area contributed by atoms with Crippen molar-refractivity contribution < 1.29 is 19.7 Å². The van der Waals surface area contributed by atoms with Crippen molar-refractivity contribution in [3.63, 3.8) is 0 Å². The van der Waals surface area contributed by atoms with Crippen LogP contribution in [0.1, 0.15) is 78.6 Å². The minimum absolute atomic E-state index is 0.102. The minimum atomic E-state index is -0.331. The van der Waals surface area contributed by atoms with Crippen LogP contribution in [-0.4, -0.2) is 35.5 Å². The van der Waals surface area contributed by atoms with E-state index in [9.17, 15) is 15.0 Å². The van der Waals surface area contributed by atoms with E-state index in [1.807, 2.05) is 0 Å². The monoisotopic (exact) mass is 404 g/mol. The van der Waals surface area contributed by atoms with Crippen molar-refractivity contribution >= 4 is 5.97 Å². The first-order chi connectivity index (χ1) is 13.7. The number of methoxy groups -OCH3 is 1. The van der Waals surface area contributed by atoms with Gasteiger partial charge < -0.3 is 14.9 Å². The Kier molecular flexibility index (Phi) is 5.65. The van der Waals surface area contributed by atoms with E-state index in [1.54, 1.807) is 0 Å². The summed E-state index contributed by atoms with van der Waals surface area (Å²) in [5.41, 5.74) is 1.73. The molecule has 9 atom stereocenters. The van der Waals surface area contributed by atoms with Gasteiger partial charge in [0, 0.05) is 6.42 Å². The van der Waals surface area contributed by atoms with Gasteiger partial charge >= 0.3 is 5.97 Å². The van der Waals surface area contributed by atoms with Gasteiger partial charge in [0.25, 0.3) is 0 Å². The molecule has 0 spiro atoms. The maximum Gasteiger partial charge on any atom is 0.305 e. The average Bonchev–Trinajstić information content (AvgIpc) is 3.04. The number of aliphatic hydroxyl groups is 2. The summed E-state index contributed by atoms with van der Waals surface area (Å²) in [5.74, 6) is 2.53. The second kappa shape index (κ2) is 7.67. The Hall–Kier alpha value is -0.870. The fraction of sp³-hybridized carbons (Fsp3) is 0.880. The molecule has 0 aromatic heterocycles. The molecular formula is C25H40O4. The van der Waals surface area contributed by atoms with Gasteiger partial charge in [-0.2, -0.15) is 0 Å². The Bertz CT molecular complexity index is 672. The fourth-order valence-corrected chi connectivity index (χ4v) is 8.30. The number of fused-ring (bicyclic) bond motifs is 5. The summed E-state index contributed by atoms with van der Waals surface area (Å²) >= 11 is 0. The van der Waals surface area contributed by atoms with E-state index in [0.717, 1.165) is 25.7 Å². The zero-order valence-corrected chi connectivity index (χ0v) is 18.7. The third-order valence-corrected chi connectivity index (χ3v) is 9.90. The number of esters is 1. The summed E-state index contributed by atoms with van der Waals surface area (Å²) < 4.78 is 4.85. The highest BCUT2D eigenvalue weighted by Crippen LogP contribution is 2.67. The molecule has 0 radical (unpaired) electrons. The van der Waals surface area contributed by atoms with E-state index in [4.69, 9.17) is 4.74 Å². The molecule has 29 heavy (non-hydrogen) atoms. The Balaban J connectivity index is 1.55. The zero-order valence-electron chi connectivity index (χ0n) is 18.7. The molecule has 4 nitrogen and oxygen atoms in total. The van der Waals surface area contributed by atoms with Gasteiger partial charge in [0.05, 0.1) is 19.3 Å². The van der Waals surface area contributed by atoms with E-state index >= 15 is 0 Å². The first-order valence-electron chi connectivity index (χ1n) is 11.8. The molecular weight excluding hydrogens is 364 g/mol. The van der Waals surface area contributed by atoms with Crippen molar-refractivity contribution in [3.8, 4) is 0 Å². The van der Waals surface area contributed by atoms with Crippen LogP contribution in [0, 0.1) is 40.4 Å². The SMILES string of the molecule is COC(=O)CC[C@H](C)[C@H]1CC[C@H]2[C@@H]3[C@H](O)CC4=C[C@H](O)CC[C@]4(C)[C@H]3CC[C@]12C. The molecule has 164 valence electrons. The van der Waals surface area contributed by atoms with Crippen molar-refractivity contribution in [2.45, 2.75) is 90.8 Å². The topological polar surface area (TPSA) is 66.8 Å². The van der Waals surface area contributed by atoms with Gasteiger partial charge in [-0.25, -0.2) is 0 Å². The normalized spacial score (nSPS) is 47.4. The van der Waals surface area contributed by atoms with Gasteiger partial charge in [-0.05, 0) is 91.8 Å². The number of carbonyl (C=O) groups is 1. The molecule has 0 unspecified atom stereocenters. The molecule has 2 N–H and O–H groups in total. The maximum atomic E-state index is 11.6. The quantitative estimate of drug-likeness (QED) is 0.535. The standard InChI is InChI=1S/C25H40O4/c1-15(5-8-22(28)29-4)18-6-7-19-23-20(10-12-25(18,19)3)24(2)11-9-17(26)13-16(24)14-21(23)27/h13,15,17-21,23,26-27H,5-12,14H2,1-4H3/t15-,17+,18+,19-,20-,21+,23-,24-,25+/m0/s1. The maximum absolute atomic E-state index is 11.6. The highest BCUT2D eigenvalue weighted by atomic mass is 16.5. The van der Waals surface area contributed by atoms with Crippen LogP contribution in [-0.2, 0) is 9.53 Å². The highest BCUT2D eigenvalue weighted by molar-refractivity contribution is 5.69. The van der Waals surface area contributed by atoms with Crippen molar-refractivity contribution in [1.29, 1.82) is 0 Å². The molecule has 0 saturated heterocycles. The third-order valence-electron chi connectivity index (χ3n) is 9.90. The van der Waals surface area contributed by atoms with Crippen LogP contribution in [0.4, 0.5) is 0 Å². The van der Waals surface area contributed by atoms with E-state index in [-0.39, 0.29) is 29.0 Å². The molecule has 0 heterocycles. The fourth-order valence-electron chi connectivity index (χ4n) is 8.30. The lowest BCUT2D eigenvalue weighted by Crippen LogP contribution is -2.55. The Morgan fingerprint density at radius 2 is 1.93 bits per heavy atom. The van der Waals surface area contributed by atoms with E-state index in [0.29, 0.717) is 36.0 Å². The molecule has 4 aliphatic carbocycles. The first-order valence-corrected chi connectivity index (χ1v) is 11.8. The first kappa shape index (κ1) is 21.4. The lowest BCUT2D eigenvalue weighted by molar-refractivity contribution is -0.141. The average molecular weight is 405 g/mol. The molecule has 0 aliphatic heterocycles. The van der Waals surface area contributed by atoms with Crippen LogP contribution in [0.25, 0.3) is 0 Å². The van der Waals surface area contributed by atoms with Crippen LogP contribution in [0.15, 0.2) is 11.6 Å². The highest BCUT2D eigenvalue weighted by Gasteiger charge is 2.61. The molecule has 4 aliphatic rings. The van der Waals surface area contributed by atoms with Gasteiger partial charge in [-0.15, -0.1) is 0 Å². The number of hydrogen-bond donors (Lipinski definition) is 2. The summed E-state index contributed by atoms with van der Waals surface area (Å²) in [6.45, 7) is 7.20. The number of hydrogen-bond acceptors (Lipinski definition) is 4. The molecule has 0 aromatic rings. The summed E-state index contributed by atoms with van der Waals surface area (Å²) in [4.78, 5) is 11.6. The van der Waals surface area contributed by atoms with Gasteiger partial charge in [0.2, 0.25) is 0 Å². The van der Waals surface area contributed by atoms with Crippen molar-refractivity contribution in [2.75, 3.05) is 7.11 Å². The summed E-state index contributed by atoms with van der Waals surface area (Å²) in [5, 5.41) is 21.4. The predicted molar refractivity (Wildman–Crippen MR) is 113 cm³/mol. The Morgan fingerprint density at radius 3 is 2.66 bits per heavy atom. The van der Waals surface area contributed by atoms with Crippen LogP contribution in [0.5, 0.6) is 0 Å². The number of ether oxygens (including phenoxy) is 1. The van der Waals surface area contributed by atoms with Crippen molar-refractivity contribution in [2.24, 2.45) is 40.4 Å². The van der Waals surface area contributed by atoms with E-state index < -0.39 is 0 Å². The lowest BCUT2D eigenvalue weighted by atomic mass is 9.45. The lowest BCUT2D eigenvalue weighted by Gasteiger charge is -2.60. The van der Waals surface area contributed by atoms with Crippen LogP contribution < -0.4 is 0 Å². The van der Waals surface area contributed by atoms with Crippen LogP contribution in [0.2, 0.25) is 0 Å². The molecule has 4 heteroatoms. The van der Waals surface area contributed by atoms with Gasteiger partial charge in [0.15, 0.2) is 0 Å². The number of aliphatic hydroxyl groups excluding tert-OH is 2. The number of carbonyl (C=O) groups excluding carboxylic acids is 1. The Morgan fingerprint density at radius 1 is 1.17 bits per heavy atom. The van der Waals surface area contributed by atoms with Crippen LogP contribution >= 0.6 is 0 Å². The largest absolute Gasteiger partial charge is 0.469 e. The van der Waals surface area contributed by atoms with Gasteiger partial charge in [-0.1, -0.05) is 32.4 Å². The second-order valence-corrected chi connectivity index (χ2v) is 11.1. The van der Waals surface area contributed by atoms with E-state index in [1.165, 1.54) is 38.4 Å².